The van der Waals surface area contributed by atoms with E-state index in [0.29, 0.717) is 25.7 Å². The minimum Gasteiger partial charge on any atom is -0.466 e. The molecule has 3 aliphatic rings. The van der Waals surface area contributed by atoms with Crippen molar-refractivity contribution >= 4 is 6.09 Å². The van der Waals surface area contributed by atoms with Gasteiger partial charge < -0.3 is 38.5 Å². The summed E-state index contributed by atoms with van der Waals surface area (Å²) in [7, 11) is 0. The summed E-state index contributed by atoms with van der Waals surface area (Å²) < 4.78 is 252. The molecule has 76 heavy (non-hydrogen) atoms. The largest absolute Gasteiger partial charge is 0.466 e. The zero-order valence-electron chi connectivity index (χ0n) is 41.8. The van der Waals surface area contributed by atoms with E-state index < -0.39 is 178 Å². The fraction of sp³-hybridized carbons (Fsp3) is 0.588. The van der Waals surface area contributed by atoms with Gasteiger partial charge in [-0.15, -0.1) is 0 Å². The Bertz CT molecular complexity index is 2490. The summed E-state index contributed by atoms with van der Waals surface area (Å²) in [5.41, 5.74) is -4.90. The van der Waals surface area contributed by atoms with Crippen LogP contribution in [0.3, 0.4) is 0 Å². The highest BCUT2D eigenvalue weighted by molar-refractivity contribution is 5.67. The van der Waals surface area contributed by atoms with Crippen molar-refractivity contribution in [3.8, 4) is 0 Å². The number of carbonyl (C=O) groups is 1. The van der Waals surface area contributed by atoms with E-state index in [4.69, 9.17) is 33.2 Å². The van der Waals surface area contributed by atoms with Crippen LogP contribution in [0.15, 0.2) is 12.3 Å². The molecule has 424 valence electrons. The molecule has 10 nitrogen and oxygen atoms in total. The molecule has 7 atom stereocenters. The third-order valence-electron chi connectivity index (χ3n) is 13.6. The van der Waals surface area contributed by atoms with Crippen molar-refractivity contribution < 1.29 is 104 Å². The number of nitrogens with zero attached hydrogens (tertiary/aromatic N) is 1. The number of carbonyl (C=O) groups excluding carboxylic acids is 1. The first-order chi connectivity index (χ1) is 35.7. The van der Waals surface area contributed by atoms with Gasteiger partial charge in [-0.3, -0.25) is 4.90 Å². The van der Waals surface area contributed by atoms with E-state index in [-0.39, 0.29) is 63.5 Å². The van der Waals surface area contributed by atoms with Crippen molar-refractivity contribution in [2.45, 2.75) is 117 Å². The molecular weight excluding hydrogens is 1050 g/mol. The summed E-state index contributed by atoms with van der Waals surface area (Å²) in [6.07, 6.45) is -0.570. The number of rotatable bonds is 23. The van der Waals surface area contributed by atoms with Crippen LogP contribution in [0.25, 0.3) is 0 Å². The molecule has 25 heteroatoms. The molecular formula is C51H57F15N2O8. The van der Waals surface area contributed by atoms with Crippen molar-refractivity contribution in [3.05, 3.63) is 116 Å². The van der Waals surface area contributed by atoms with Crippen LogP contribution in [0.1, 0.15) is 89.3 Å². The van der Waals surface area contributed by atoms with Crippen LogP contribution in [0.4, 0.5) is 70.7 Å². The molecule has 1 N–H and O–H groups in total. The molecule has 0 aromatic heterocycles. The average Bonchev–Trinajstić information content (AvgIpc) is 3.79. The van der Waals surface area contributed by atoms with Gasteiger partial charge >= 0.3 is 6.09 Å². The molecule has 1 saturated heterocycles. The molecule has 3 fully saturated rings. The maximum atomic E-state index is 15.1. The van der Waals surface area contributed by atoms with Crippen LogP contribution >= 0.6 is 0 Å². The number of nitrogens with one attached hydrogen (secondary N) is 1. The Morgan fingerprint density at radius 3 is 1.64 bits per heavy atom. The van der Waals surface area contributed by atoms with Gasteiger partial charge in [0.05, 0.1) is 56.8 Å². The lowest BCUT2D eigenvalue weighted by molar-refractivity contribution is -0.0784. The first kappa shape index (κ1) is 60.4. The lowest BCUT2D eigenvalue weighted by Crippen LogP contribution is -2.52. The molecule has 0 bridgehead atoms. The molecule has 0 radical (unpaired) electrons. The Morgan fingerprint density at radius 1 is 0.658 bits per heavy atom. The lowest BCUT2D eigenvalue weighted by Gasteiger charge is -2.50. The van der Waals surface area contributed by atoms with Crippen molar-refractivity contribution in [3.63, 3.8) is 0 Å². The number of benzene rings is 3. The van der Waals surface area contributed by atoms with Crippen molar-refractivity contribution in [1.82, 2.24) is 10.2 Å². The third kappa shape index (κ3) is 14.8. The monoisotopic (exact) mass is 1110 g/mol. The first-order valence-corrected chi connectivity index (χ1v) is 24.2. The fourth-order valence-electron chi connectivity index (χ4n) is 10.2. The second kappa shape index (κ2) is 25.8. The quantitative estimate of drug-likeness (QED) is 0.0566. The van der Waals surface area contributed by atoms with E-state index in [1.54, 1.807) is 6.92 Å². The normalized spacial score (nSPS) is 22.5. The molecule has 0 spiro atoms. The van der Waals surface area contributed by atoms with Crippen LogP contribution in [0.2, 0.25) is 0 Å². The molecule has 1 aliphatic heterocycles. The molecule has 2 saturated carbocycles. The average molecular weight is 1110 g/mol. The summed E-state index contributed by atoms with van der Waals surface area (Å²) in [5.74, 6) is -32.0. The minimum absolute atomic E-state index is 0.0113. The standard InChI is InChI=1S/C51H57F15N2O8/c1-24(73-21-32-38(56)44(62)48(66)45(63)39(32)57)14-70-16-26-7-6-8-27(9-26)17-71-18-29(19-72-20-31-36(54)42(60)47(65)43(61)37(31)55)76-49(69)67-23-51(5)11-28(10-50(3,4)22-51)68(13-33-74-15-25(2)75-33)12-30-34(52)40(58)46(64)41(59)35(30)53/h24,26-29,33H,2,6-23H2,1,3-5H3,(H,67,69). The Morgan fingerprint density at radius 2 is 1.13 bits per heavy atom. The van der Waals surface area contributed by atoms with Crippen molar-refractivity contribution in [2.24, 2.45) is 22.7 Å². The number of hydrogen-bond donors (Lipinski definition) is 1. The van der Waals surface area contributed by atoms with E-state index in [2.05, 4.69) is 11.9 Å². The number of hydrogen-bond acceptors (Lipinski definition) is 9. The highest BCUT2D eigenvalue weighted by Crippen LogP contribution is 2.48. The number of halogens is 15. The number of ether oxygens (including phenoxy) is 7. The highest BCUT2D eigenvalue weighted by Gasteiger charge is 2.45. The van der Waals surface area contributed by atoms with Crippen LogP contribution in [0, 0.1) is 110 Å². The smallest absolute Gasteiger partial charge is 0.407 e. The fourth-order valence-corrected chi connectivity index (χ4v) is 10.2. The molecule has 3 aromatic carbocycles. The summed E-state index contributed by atoms with van der Waals surface area (Å²) in [5, 5.41) is 2.66. The molecule has 1 amide bonds. The van der Waals surface area contributed by atoms with Crippen LogP contribution in [0.5, 0.6) is 0 Å². The van der Waals surface area contributed by atoms with E-state index in [9.17, 15) is 61.9 Å². The SMILES string of the molecule is C=C1COC(CN(Cc2c(F)c(F)c(F)c(F)c2F)C2CC(C)(C)CC(C)(CNC(=O)OC(COCc3c(F)c(F)c(F)c(F)c3F)COCC3CCCC(COCC(C)OCc4c(F)c(F)c(F)c(F)c4F)C3)C2)O1. The third-order valence-corrected chi connectivity index (χ3v) is 13.6. The van der Waals surface area contributed by atoms with Gasteiger partial charge in [0.1, 0.15) is 12.4 Å². The van der Waals surface area contributed by atoms with Gasteiger partial charge in [-0.25, -0.2) is 70.7 Å². The van der Waals surface area contributed by atoms with Crippen molar-refractivity contribution in [2.75, 3.05) is 52.7 Å². The summed E-state index contributed by atoms with van der Waals surface area (Å²) >= 11 is 0. The number of amides is 1. The van der Waals surface area contributed by atoms with Gasteiger partial charge in [0, 0.05) is 37.9 Å². The maximum Gasteiger partial charge on any atom is 0.407 e. The van der Waals surface area contributed by atoms with Gasteiger partial charge in [0.25, 0.3) is 0 Å². The Balaban J connectivity index is 1.07. The first-order valence-electron chi connectivity index (χ1n) is 24.2. The Labute approximate surface area is 428 Å². The van der Waals surface area contributed by atoms with E-state index >= 15 is 8.78 Å². The highest BCUT2D eigenvalue weighted by atomic mass is 19.2. The second-order valence-electron chi connectivity index (χ2n) is 20.7. The van der Waals surface area contributed by atoms with Crippen LogP contribution in [-0.2, 0) is 52.9 Å². The van der Waals surface area contributed by atoms with E-state index in [1.165, 1.54) is 11.8 Å². The van der Waals surface area contributed by atoms with Gasteiger partial charge in [-0.05, 0) is 68.1 Å². The van der Waals surface area contributed by atoms with Gasteiger partial charge in [0.2, 0.25) is 23.7 Å². The van der Waals surface area contributed by atoms with Crippen molar-refractivity contribution in [1.29, 1.82) is 0 Å². The lowest BCUT2D eigenvalue weighted by atomic mass is 9.62. The van der Waals surface area contributed by atoms with Crippen LogP contribution in [-0.4, -0.2) is 88.3 Å². The Kier molecular flexibility index (Phi) is 20.5. The zero-order chi connectivity index (χ0) is 56.0. The zero-order valence-corrected chi connectivity index (χ0v) is 41.8. The maximum absolute atomic E-state index is 15.1. The van der Waals surface area contributed by atoms with E-state index in [1.807, 2.05) is 13.8 Å². The molecule has 3 aromatic rings. The van der Waals surface area contributed by atoms with Gasteiger partial charge in [0.15, 0.2) is 75.9 Å². The van der Waals surface area contributed by atoms with Crippen LogP contribution < -0.4 is 5.32 Å². The second-order valence-corrected chi connectivity index (χ2v) is 20.7. The molecule has 2 aliphatic carbocycles. The predicted octanol–water partition coefficient (Wildman–Crippen LogP) is 11.8. The Hall–Kier alpha value is -4.82. The summed E-state index contributed by atoms with van der Waals surface area (Å²) in [6.45, 7) is 6.71. The van der Waals surface area contributed by atoms with Gasteiger partial charge in [-0.2, -0.15) is 0 Å². The molecule has 1 heterocycles. The molecule has 7 unspecified atom stereocenters. The summed E-state index contributed by atoms with van der Waals surface area (Å²) in [6, 6.07) is -0.637. The number of alkyl carbamates (subject to hydrolysis) is 1. The minimum atomic E-state index is -2.38. The summed E-state index contributed by atoms with van der Waals surface area (Å²) in [4.78, 5) is 15.0. The van der Waals surface area contributed by atoms with E-state index in [0.717, 1.165) is 12.8 Å². The molecule has 6 rings (SSSR count). The predicted molar refractivity (Wildman–Crippen MR) is 238 cm³/mol. The van der Waals surface area contributed by atoms with Gasteiger partial charge in [-0.1, -0.05) is 33.8 Å². The topological polar surface area (TPSA) is 97.0 Å².